The highest BCUT2D eigenvalue weighted by atomic mass is 16.5. The van der Waals surface area contributed by atoms with Crippen molar-refractivity contribution in [3.8, 4) is 11.5 Å². The van der Waals surface area contributed by atoms with Crippen molar-refractivity contribution in [3.63, 3.8) is 0 Å². The Morgan fingerprint density at radius 3 is 1.95 bits per heavy atom. The van der Waals surface area contributed by atoms with E-state index in [1.165, 1.54) is 0 Å². The summed E-state index contributed by atoms with van der Waals surface area (Å²) in [6, 6.07) is 35.2. The Labute approximate surface area is 234 Å². The second kappa shape index (κ2) is 11.6. The van der Waals surface area contributed by atoms with Crippen LogP contribution in [-0.4, -0.2) is 42.2 Å². The summed E-state index contributed by atoms with van der Waals surface area (Å²) in [6.45, 7) is 3.00. The fourth-order valence-electron chi connectivity index (χ4n) is 5.22. The Kier molecular flexibility index (Phi) is 7.42. The standard InChI is InChI=1S/C34H32N4O2/c1-39-27-19-24(20-28(21-27)40-2)22-38(23-26-16-15-25-9-3-6-12-31(25)36-26)18-17-35-34-29-10-4-7-13-32(29)37-33-14-8-5-11-30(33)34/h3-16,19-21H,17-18,22-23H2,1-2H3,(H,35,37). The summed E-state index contributed by atoms with van der Waals surface area (Å²) in [5, 5.41) is 7.16. The number of anilines is 1. The van der Waals surface area contributed by atoms with Gasteiger partial charge in [-0.25, -0.2) is 4.98 Å². The minimum absolute atomic E-state index is 0.712. The normalized spacial score (nSPS) is 11.4. The molecule has 0 atom stereocenters. The predicted octanol–water partition coefficient (Wildman–Crippen LogP) is 7.07. The van der Waals surface area contributed by atoms with E-state index in [1.54, 1.807) is 14.2 Å². The van der Waals surface area contributed by atoms with E-state index in [0.29, 0.717) is 6.54 Å². The summed E-state index contributed by atoms with van der Waals surface area (Å²) in [5.41, 5.74) is 6.27. The lowest BCUT2D eigenvalue weighted by molar-refractivity contribution is 0.263. The number of fused-ring (bicyclic) bond motifs is 3. The van der Waals surface area contributed by atoms with Gasteiger partial charge in [0.2, 0.25) is 0 Å². The highest BCUT2D eigenvalue weighted by Gasteiger charge is 2.13. The number of para-hydroxylation sites is 3. The first-order chi connectivity index (χ1) is 19.7. The molecule has 0 aliphatic heterocycles. The molecule has 6 nitrogen and oxygen atoms in total. The quantitative estimate of drug-likeness (QED) is 0.192. The first kappa shape index (κ1) is 25.6. The van der Waals surface area contributed by atoms with Gasteiger partial charge in [0.1, 0.15) is 11.5 Å². The average Bonchev–Trinajstić information content (AvgIpc) is 3.00. The first-order valence-electron chi connectivity index (χ1n) is 13.5. The lowest BCUT2D eigenvalue weighted by Gasteiger charge is -2.24. The molecule has 0 saturated carbocycles. The fourth-order valence-corrected chi connectivity index (χ4v) is 5.22. The smallest absolute Gasteiger partial charge is 0.122 e. The SMILES string of the molecule is COc1cc(CN(CCNc2c3ccccc3nc3ccccc23)Cc2ccc3ccccc3n2)cc(OC)c1. The third-order valence-electron chi connectivity index (χ3n) is 7.18. The second-order valence-electron chi connectivity index (χ2n) is 9.87. The Bertz CT molecular complexity index is 1710. The molecule has 0 fully saturated rings. The van der Waals surface area contributed by atoms with Crippen molar-refractivity contribution in [2.45, 2.75) is 13.1 Å². The maximum absolute atomic E-state index is 5.54. The fraction of sp³-hybridized carbons (Fsp3) is 0.176. The average molecular weight is 529 g/mol. The van der Waals surface area contributed by atoms with Crippen molar-refractivity contribution in [1.29, 1.82) is 0 Å². The number of nitrogens with one attached hydrogen (secondary N) is 1. The van der Waals surface area contributed by atoms with Gasteiger partial charge in [-0.05, 0) is 42.0 Å². The van der Waals surface area contributed by atoms with E-state index < -0.39 is 0 Å². The number of pyridine rings is 2. The molecule has 2 heterocycles. The molecule has 0 aliphatic carbocycles. The molecule has 6 aromatic rings. The predicted molar refractivity (Wildman–Crippen MR) is 163 cm³/mol. The van der Waals surface area contributed by atoms with Gasteiger partial charge in [-0.15, -0.1) is 0 Å². The van der Waals surface area contributed by atoms with Gasteiger partial charge in [0.15, 0.2) is 0 Å². The number of nitrogens with zero attached hydrogens (tertiary/aromatic N) is 3. The second-order valence-corrected chi connectivity index (χ2v) is 9.87. The molecule has 6 rings (SSSR count). The van der Waals surface area contributed by atoms with Crippen LogP contribution in [0.3, 0.4) is 0 Å². The monoisotopic (exact) mass is 528 g/mol. The van der Waals surface area contributed by atoms with Crippen LogP contribution >= 0.6 is 0 Å². The van der Waals surface area contributed by atoms with Crippen molar-refractivity contribution in [2.24, 2.45) is 0 Å². The van der Waals surface area contributed by atoms with E-state index >= 15 is 0 Å². The third-order valence-corrected chi connectivity index (χ3v) is 7.18. The van der Waals surface area contributed by atoms with Crippen LogP contribution < -0.4 is 14.8 Å². The lowest BCUT2D eigenvalue weighted by Crippen LogP contribution is -2.29. The van der Waals surface area contributed by atoms with Gasteiger partial charge in [0.05, 0.1) is 42.2 Å². The molecular formula is C34H32N4O2. The summed E-state index contributed by atoms with van der Waals surface area (Å²) in [7, 11) is 3.37. The Hall–Kier alpha value is -4.68. The van der Waals surface area contributed by atoms with Crippen LogP contribution in [0.2, 0.25) is 0 Å². The number of hydrogen-bond acceptors (Lipinski definition) is 6. The van der Waals surface area contributed by atoms with Crippen LogP contribution in [-0.2, 0) is 13.1 Å². The number of benzene rings is 4. The van der Waals surface area contributed by atoms with Gasteiger partial charge in [0, 0.05) is 48.4 Å². The molecule has 1 N–H and O–H groups in total. The van der Waals surface area contributed by atoms with Gasteiger partial charge in [-0.3, -0.25) is 9.88 Å². The van der Waals surface area contributed by atoms with E-state index in [2.05, 4.69) is 83.0 Å². The summed E-state index contributed by atoms with van der Waals surface area (Å²) >= 11 is 0. The Morgan fingerprint density at radius 2 is 1.27 bits per heavy atom. The molecule has 2 aromatic heterocycles. The minimum atomic E-state index is 0.712. The van der Waals surface area contributed by atoms with E-state index in [1.807, 2.05) is 30.3 Å². The van der Waals surface area contributed by atoms with Crippen LogP contribution in [0.1, 0.15) is 11.3 Å². The molecule has 0 radical (unpaired) electrons. The van der Waals surface area contributed by atoms with Crippen molar-refractivity contribution in [1.82, 2.24) is 14.9 Å². The van der Waals surface area contributed by atoms with E-state index in [-0.39, 0.29) is 0 Å². The summed E-state index contributed by atoms with van der Waals surface area (Å²) in [6.07, 6.45) is 0. The molecule has 200 valence electrons. The molecule has 6 heteroatoms. The maximum atomic E-state index is 5.54. The molecule has 0 saturated heterocycles. The lowest BCUT2D eigenvalue weighted by atomic mass is 10.1. The zero-order valence-electron chi connectivity index (χ0n) is 22.8. The van der Waals surface area contributed by atoms with Crippen molar-refractivity contribution < 1.29 is 9.47 Å². The largest absolute Gasteiger partial charge is 0.497 e. The number of aromatic nitrogens is 2. The highest BCUT2D eigenvalue weighted by Crippen LogP contribution is 2.30. The zero-order chi connectivity index (χ0) is 27.3. The van der Waals surface area contributed by atoms with E-state index in [0.717, 1.165) is 80.8 Å². The Balaban J connectivity index is 1.28. The topological polar surface area (TPSA) is 59.5 Å². The number of rotatable bonds is 10. The van der Waals surface area contributed by atoms with E-state index in [4.69, 9.17) is 19.4 Å². The molecule has 4 aromatic carbocycles. The van der Waals surface area contributed by atoms with E-state index in [9.17, 15) is 0 Å². The van der Waals surface area contributed by atoms with Crippen LogP contribution in [0.5, 0.6) is 11.5 Å². The minimum Gasteiger partial charge on any atom is -0.497 e. The summed E-state index contributed by atoms with van der Waals surface area (Å²) in [4.78, 5) is 12.2. The van der Waals surface area contributed by atoms with Crippen LogP contribution in [0.15, 0.2) is 103 Å². The number of methoxy groups -OCH3 is 2. The van der Waals surface area contributed by atoms with Gasteiger partial charge in [0.25, 0.3) is 0 Å². The zero-order valence-corrected chi connectivity index (χ0v) is 22.8. The maximum Gasteiger partial charge on any atom is 0.122 e. The molecule has 0 aliphatic rings. The van der Waals surface area contributed by atoms with Gasteiger partial charge in [-0.1, -0.05) is 60.7 Å². The molecule has 0 amide bonds. The van der Waals surface area contributed by atoms with Crippen LogP contribution in [0.4, 0.5) is 5.69 Å². The molecule has 0 spiro atoms. The molecular weight excluding hydrogens is 496 g/mol. The molecule has 40 heavy (non-hydrogen) atoms. The van der Waals surface area contributed by atoms with Crippen molar-refractivity contribution >= 4 is 38.4 Å². The first-order valence-corrected chi connectivity index (χ1v) is 13.5. The summed E-state index contributed by atoms with van der Waals surface area (Å²) < 4.78 is 11.1. The third kappa shape index (κ3) is 5.53. The summed E-state index contributed by atoms with van der Waals surface area (Å²) in [5.74, 6) is 1.57. The van der Waals surface area contributed by atoms with Crippen LogP contribution in [0.25, 0.3) is 32.7 Å². The van der Waals surface area contributed by atoms with Gasteiger partial charge >= 0.3 is 0 Å². The molecule has 0 unspecified atom stereocenters. The Morgan fingerprint density at radius 1 is 0.650 bits per heavy atom. The number of hydrogen-bond donors (Lipinski definition) is 1. The van der Waals surface area contributed by atoms with Crippen LogP contribution in [0, 0.1) is 0 Å². The highest BCUT2D eigenvalue weighted by molar-refractivity contribution is 6.07. The van der Waals surface area contributed by atoms with Gasteiger partial charge in [-0.2, -0.15) is 0 Å². The number of ether oxygens (including phenoxy) is 2. The van der Waals surface area contributed by atoms with Crippen molar-refractivity contribution in [3.05, 3.63) is 114 Å². The van der Waals surface area contributed by atoms with Gasteiger partial charge < -0.3 is 14.8 Å². The van der Waals surface area contributed by atoms with Crippen molar-refractivity contribution in [2.75, 3.05) is 32.6 Å². The molecule has 0 bridgehead atoms.